The molecule has 1 aliphatic rings. The number of rotatable bonds is 6. The molecule has 18 heavy (non-hydrogen) atoms. The van der Waals surface area contributed by atoms with Crippen molar-refractivity contribution in [1.29, 1.82) is 0 Å². The summed E-state index contributed by atoms with van der Waals surface area (Å²) >= 11 is 3.45. The van der Waals surface area contributed by atoms with Gasteiger partial charge in [-0.3, -0.25) is 0 Å². The second-order valence-corrected chi connectivity index (χ2v) is 5.61. The number of ether oxygens (including phenoxy) is 2. The van der Waals surface area contributed by atoms with E-state index >= 15 is 0 Å². The second-order valence-electron chi connectivity index (χ2n) is 4.69. The van der Waals surface area contributed by atoms with Crippen molar-refractivity contribution in [2.24, 2.45) is 5.92 Å². The summed E-state index contributed by atoms with van der Waals surface area (Å²) in [5.74, 6) is 1.63. The molecule has 1 unspecified atom stereocenters. The summed E-state index contributed by atoms with van der Waals surface area (Å²) in [4.78, 5) is 0. The number of nitrogens with one attached hydrogen (secondary N) is 1. The van der Waals surface area contributed by atoms with E-state index in [9.17, 15) is 0 Å². The summed E-state index contributed by atoms with van der Waals surface area (Å²) in [5, 5.41) is 3.41. The van der Waals surface area contributed by atoms with Gasteiger partial charge in [0.2, 0.25) is 0 Å². The highest BCUT2D eigenvalue weighted by molar-refractivity contribution is 9.10. The first kappa shape index (κ1) is 13.8. The lowest BCUT2D eigenvalue weighted by Crippen LogP contribution is -2.27. The molecule has 1 fully saturated rings. The molecular formula is C14H20BrNO2. The fourth-order valence-electron chi connectivity index (χ4n) is 2.01. The van der Waals surface area contributed by atoms with Gasteiger partial charge in [0.1, 0.15) is 12.4 Å². The average Bonchev–Trinajstić information content (AvgIpc) is 2.86. The van der Waals surface area contributed by atoms with Crippen molar-refractivity contribution < 1.29 is 9.47 Å². The zero-order valence-corrected chi connectivity index (χ0v) is 12.3. The number of hydrogen-bond donors (Lipinski definition) is 1. The predicted octanol–water partition coefficient (Wildman–Crippen LogP) is 2.76. The topological polar surface area (TPSA) is 30.5 Å². The normalized spacial score (nSPS) is 19.1. The molecule has 1 atom stereocenters. The fourth-order valence-corrected chi connectivity index (χ4v) is 2.35. The minimum Gasteiger partial charge on any atom is -0.492 e. The Morgan fingerprint density at radius 3 is 3.17 bits per heavy atom. The van der Waals surface area contributed by atoms with E-state index in [0.29, 0.717) is 12.5 Å². The second kappa shape index (κ2) is 7.12. The van der Waals surface area contributed by atoms with E-state index in [0.717, 1.165) is 36.5 Å². The third kappa shape index (κ3) is 4.26. The molecule has 3 nitrogen and oxygen atoms in total. The molecule has 1 aliphatic heterocycles. The van der Waals surface area contributed by atoms with Crippen molar-refractivity contribution in [3.63, 3.8) is 0 Å². The van der Waals surface area contributed by atoms with Gasteiger partial charge in [0.05, 0.1) is 6.61 Å². The van der Waals surface area contributed by atoms with Crippen LogP contribution in [0, 0.1) is 12.8 Å². The van der Waals surface area contributed by atoms with E-state index in [2.05, 4.69) is 34.2 Å². The third-order valence-electron chi connectivity index (χ3n) is 3.14. The molecule has 0 aliphatic carbocycles. The van der Waals surface area contributed by atoms with Gasteiger partial charge in [0.25, 0.3) is 0 Å². The molecule has 1 N–H and O–H groups in total. The SMILES string of the molecule is Cc1ccc(Br)cc1OCCNCC1CCOC1. The van der Waals surface area contributed by atoms with Crippen molar-refractivity contribution in [2.75, 3.05) is 32.9 Å². The molecule has 1 saturated heterocycles. The maximum atomic E-state index is 5.76. The van der Waals surface area contributed by atoms with Gasteiger partial charge in [-0.05, 0) is 37.0 Å². The Balaban J connectivity index is 1.64. The van der Waals surface area contributed by atoms with E-state index in [-0.39, 0.29) is 0 Å². The Hall–Kier alpha value is -0.580. The smallest absolute Gasteiger partial charge is 0.123 e. The Kier molecular flexibility index (Phi) is 5.47. The summed E-state index contributed by atoms with van der Waals surface area (Å²) in [6.07, 6.45) is 1.18. The molecule has 0 bridgehead atoms. The number of halogens is 1. The zero-order chi connectivity index (χ0) is 12.8. The highest BCUT2D eigenvalue weighted by Gasteiger charge is 2.14. The van der Waals surface area contributed by atoms with E-state index in [1.807, 2.05) is 12.1 Å². The van der Waals surface area contributed by atoms with Gasteiger partial charge >= 0.3 is 0 Å². The average molecular weight is 314 g/mol. The van der Waals surface area contributed by atoms with Crippen molar-refractivity contribution in [2.45, 2.75) is 13.3 Å². The lowest BCUT2D eigenvalue weighted by Gasteiger charge is -2.12. The standard InChI is InChI=1S/C14H20BrNO2/c1-11-2-3-13(15)8-14(11)18-7-5-16-9-12-4-6-17-10-12/h2-3,8,12,16H,4-7,9-10H2,1H3. The van der Waals surface area contributed by atoms with Gasteiger partial charge in [0, 0.05) is 24.2 Å². The van der Waals surface area contributed by atoms with Gasteiger partial charge in [-0.25, -0.2) is 0 Å². The molecule has 4 heteroatoms. The first-order valence-corrected chi connectivity index (χ1v) is 7.22. The summed E-state index contributed by atoms with van der Waals surface area (Å²) in [7, 11) is 0. The number of aryl methyl sites for hydroxylation is 1. The lowest BCUT2D eigenvalue weighted by molar-refractivity contribution is 0.185. The molecular weight excluding hydrogens is 294 g/mol. The first-order valence-electron chi connectivity index (χ1n) is 6.43. The first-order chi connectivity index (χ1) is 8.75. The summed E-state index contributed by atoms with van der Waals surface area (Å²) in [6.45, 7) is 6.48. The van der Waals surface area contributed by atoms with Crippen molar-refractivity contribution >= 4 is 15.9 Å². The zero-order valence-electron chi connectivity index (χ0n) is 10.7. The van der Waals surface area contributed by atoms with Gasteiger partial charge in [-0.1, -0.05) is 22.0 Å². The number of benzene rings is 1. The third-order valence-corrected chi connectivity index (χ3v) is 3.64. The molecule has 0 spiro atoms. The Bertz CT molecular complexity index is 378. The molecule has 100 valence electrons. The maximum absolute atomic E-state index is 5.76. The largest absolute Gasteiger partial charge is 0.492 e. The molecule has 2 rings (SSSR count). The highest BCUT2D eigenvalue weighted by Crippen LogP contribution is 2.22. The van der Waals surface area contributed by atoms with Crippen LogP contribution in [0.4, 0.5) is 0 Å². The van der Waals surface area contributed by atoms with Crippen molar-refractivity contribution in [3.8, 4) is 5.75 Å². The minimum absolute atomic E-state index is 0.678. The van der Waals surface area contributed by atoms with Crippen LogP contribution in [0.15, 0.2) is 22.7 Å². The van der Waals surface area contributed by atoms with Crippen LogP contribution < -0.4 is 10.1 Å². The Morgan fingerprint density at radius 2 is 2.39 bits per heavy atom. The number of hydrogen-bond acceptors (Lipinski definition) is 3. The fraction of sp³-hybridized carbons (Fsp3) is 0.571. The highest BCUT2D eigenvalue weighted by atomic mass is 79.9. The minimum atomic E-state index is 0.678. The van der Waals surface area contributed by atoms with Gasteiger partial charge in [-0.15, -0.1) is 0 Å². The van der Waals surface area contributed by atoms with Crippen LogP contribution in [0.25, 0.3) is 0 Å². The molecule has 1 heterocycles. The van der Waals surface area contributed by atoms with Crippen LogP contribution >= 0.6 is 15.9 Å². The van der Waals surface area contributed by atoms with Crippen LogP contribution in [0.2, 0.25) is 0 Å². The molecule has 1 aromatic rings. The Morgan fingerprint density at radius 1 is 1.50 bits per heavy atom. The van der Waals surface area contributed by atoms with E-state index in [1.54, 1.807) is 0 Å². The molecule has 0 radical (unpaired) electrons. The maximum Gasteiger partial charge on any atom is 0.123 e. The Labute approximate surface area is 117 Å². The van der Waals surface area contributed by atoms with Crippen LogP contribution in [-0.4, -0.2) is 32.9 Å². The van der Waals surface area contributed by atoms with Crippen LogP contribution in [0.5, 0.6) is 5.75 Å². The van der Waals surface area contributed by atoms with Crippen molar-refractivity contribution in [1.82, 2.24) is 5.32 Å². The summed E-state index contributed by atoms with van der Waals surface area (Å²) < 4.78 is 12.1. The monoisotopic (exact) mass is 313 g/mol. The molecule has 0 amide bonds. The van der Waals surface area contributed by atoms with Crippen LogP contribution in [-0.2, 0) is 4.74 Å². The quantitative estimate of drug-likeness (QED) is 0.819. The molecule has 1 aromatic carbocycles. The van der Waals surface area contributed by atoms with E-state index in [1.165, 1.54) is 12.0 Å². The van der Waals surface area contributed by atoms with Gasteiger partial charge < -0.3 is 14.8 Å². The summed E-state index contributed by atoms with van der Waals surface area (Å²) in [6, 6.07) is 6.10. The lowest BCUT2D eigenvalue weighted by atomic mass is 10.1. The predicted molar refractivity (Wildman–Crippen MR) is 76.2 cm³/mol. The molecule has 0 saturated carbocycles. The summed E-state index contributed by atoms with van der Waals surface area (Å²) in [5.41, 5.74) is 1.17. The van der Waals surface area contributed by atoms with Crippen LogP contribution in [0.1, 0.15) is 12.0 Å². The van der Waals surface area contributed by atoms with E-state index in [4.69, 9.17) is 9.47 Å². The van der Waals surface area contributed by atoms with E-state index < -0.39 is 0 Å². The van der Waals surface area contributed by atoms with Crippen molar-refractivity contribution in [3.05, 3.63) is 28.2 Å². The van der Waals surface area contributed by atoms with Crippen LogP contribution in [0.3, 0.4) is 0 Å². The molecule has 0 aromatic heterocycles. The van der Waals surface area contributed by atoms with Gasteiger partial charge in [0.15, 0.2) is 0 Å². The van der Waals surface area contributed by atoms with Gasteiger partial charge in [-0.2, -0.15) is 0 Å².